The zero-order chi connectivity index (χ0) is 24.9. The fourth-order valence-electron chi connectivity index (χ4n) is 4.21. The maximum absolute atomic E-state index is 12.5. The number of amides is 1. The number of benzene rings is 3. The second-order valence-corrected chi connectivity index (χ2v) is 9.17. The van der Waals surface area contributed by atoms with Gasteiger partial charge in [-0.15, -0.1) is 0 Å². The van der Waals surface area contributed by atoms with Gasteiger partial charge < -0.3 is 19.9 Å². The molecule has 0 unspecified atom stereocenters. The van der Waals surface area contributed by atoms with Crippen molar-refractivity contribution in [2.75, 3.05) is 20.1 Å². The highest BCUT2D eigenvalue weighted by Crippen LogP contribution is 2.27. The second-order valence-electron chi connectivity index (χ2n) is 9.17. The highest BCUT2D eigenvalue weighted by molar-refractivity contribution is 5.95. The number of nitrogens with zero attached hydrogens (tertiary/aromatic N) is 2. The van der Waals surface area contributed by atoms with E-state index in [1.807, 2.05) is 67.7 Å². The van der Waals surface area contributed by atoms with Crippen molar-refractivity contribution in [1.82, 2.24) is 14.8 Å². The highest BCUT2D eigenvalue weighted by atomic mass is 16.4. The minimum atomic E-state index is -0.942. The van der Waals surface area contributed by atoms with E-state index in [1.165, 1.54) is 5.56 Å². The van der Waals surface area contributed by atoms with Gasteiger partial charge in [-0.2, -0.15) is 0 Å². The molecule has 0 atom stereocenters. The average Bonchev–Trinajstić information content (AvgIpc) is 3.22. The Balaban J connectivity index is 1.46. The summed E-state index contributed by atoms with van der Waals surface area (Å²) in [6, 6.07) is 23.0. The van der Waals surface area contributed by atoms with E-state index in [0.717, 1.165) is 22.2 Å². The van der Waals surface area contributed by atoms with Crippen molar-refractivity contribution in [2.45, 2.75) is 26.3 Å². The summed E-state index contributed by atoms with van der Waals surface area (Å²) in [6.45, 7) is 6.05. The molecule has 0 saturated carbocycles. The molecule has 1 amide bonds. The Hall–Kier alpha value is -3.90. The molecule has 3 aromatic carbocycles. The van der Waals surface area contributed by atoms with Crippen molar-refractivity contribution in [2.24, 2.45) is 0 Å². The summed E-state index contributed by atoms with van der Waals surface area (Å²) in [6.07, 6.45) is 2.07. The molecule has 0 saturated heterocycles. The van der Waals surface area contributed by atoms with E-state index in [2.05, 4.69) is 34.8 Å². The largest absolute Gasteiger partial charge is 0.478 e. The van der Waals surface area contributed by atoms with Crippen molar-refractivity contribution >= 4 is 22.8 Å². The van der Waals surface area contributed by atoms with Crippen molar-refractivity contribution in [1.29, 1.82) is 0 Å². The molecular formula is C29H31N3O3. The van der Waals surface area contributed by atoms with Crippen LogP contribution in [0.4, 0.5) is 0 Å². The number of carbonyl (C=O) groups excluding carboxylic acids is 1. The van der Waals surface area contributed by atoms with Gasteiger partial charge in [0.25, 0.3) is 5.91 Å². The molecule has 0 aliphatic carbocycles. The molecule has 6 nitrogen and oxygen atoms in total. The molecule has 0 aliphatic heterocycles. The second kappa shape index (κ2) is 10.6. The van der Waals surface area contributed by atoms with Crippen LogP contribution in [-0.2, 0) is 6.54 Å². The van der Waals surface area contributed by atoms with Gasteiger partial charge in [-0.25, -0.2) is 4.79 Å². The SMILES string of the molecule is CC(C)c1ccc(C(=O)NCCN(C)Cc2cn(-c3ccccc3)c3ccc(C(=O)O)cc23)cc1. The number of aromatic nitrogens is 1. The van der Waals surface area contributed by atoms with Gasteiger partial charge in [0.2, 0.25) is 0 Å². The Bertz CT molecular complexity index is 1320. The van der Waals surface area contributed by atoms with E-state index in [4.69, 9.17) is 0 Å². The predicted octanol–water partition coefficient (Wildman–Crippen LogP) is 5.31. The first kappa shape index (κ1) is 24.2. The van der Waals surface area contributed by atoms with Crippen LogP contribution in [0.25, 0.3) is 16.6 Å². The molecule has 0 aliphatic rings. The maximum Gasteiger partial charge on any atom is 0.335 e. The number of carbonyl (C=O) groups is 2. The Morgan fingerprint density at radius 3 is 2.31 bits per heavy atom. The van der Waals surface area contributed by atoms with E-state index in [9.17, 15) is 14.7 Å². The zero-order valence-electron chi connectivity index (χ0n) is 20.4. The highest BCUT2D eigenvalue weighted by Gasteiger charge is 2.15. The summed E-state index contributed by atoms with van der Waals surface area (Å²) in [7, 11) is 2.00. The summed E-state index contributed by atoms with van der Waals surface area (Å²) < 4.78 is 2.09. The van der Waals surface area contributed by atoms with E-state index in [0.29, 0.717) is 31.1 Å². The lowest BCUT2D eigenvalue weighted by molar-refractivity contribution is 0.0696. The average molecular weight is 470 g/mol. The number of rotatable bonds is 9. The van der Waals surface area contributed by atoms with E-state index in [1.54, 1.807) is 12.1 Å². The van der Waals surface area contributed by atoms with Crippen LogP contribution < -0.4 is 5.32 Å². The molecule has 0 spiro atoms. The predicted molar refractivity (Wildman–Crippen MR) is 139 cm³/mol. The van der Waals surface area contributed by atoms with E-state index >= 15 is 0 Å². The number of aromatic carboxylic acids is 1. The van der Waals surface area contributed by atoms with Crippen molar-refractivity contribution in [3.05, 3.63) is 101 Å². The lowest BCUT2D eigenvalue weighted by Gasteiger charge is -2.17. The van der Waals surface area contributed by atoms with Crippen LogP contribution in [-0.4, -0.2) is 46.6 Å². The van der Waals surface area contributed by atoms with Crippen LogP contribution >= 0.6 is 0 Å². The molecule has 2 N–H and O–H groups in total. The Kier molecular flexibility index (Phi) is 7.32. The van der Waals surface area contributed by atoms with Crippen molar-refractivity contribution in [3.63, 3.8) is 0 Å². The zero-order valence-corrected chi connectivity index (χ0v) is 20.4. The van der Waals surface area contributed by atoms with Crippen LogP contribution in [0.2, 0.25) is 0 Å². The van der Waals surface area contributed by atoms with Crippen LogP contribution in [0.3, 0.4) is 0 Å². The number of para-hydroxylation sites is 1. The van der Waals surface area contributed by atoms with Crippen LogP contribution in [0.5, 0.6) is 0 Å². The summed E-state index contributed by atoms with van der Waals surface area (Å²) in [5.74, 6) is -0.594. The minimum Gasteiger partial charge on any atom is -0.478 e. The molecule has 1 heterocycles. The molecule has 0 fully saturated rings. The third kappa shape index (κ3) is 5.61. The summed E-state index contributed by atoms with van der Waals surface area (Å²) >= 11 is 0. The first-order valence-electron chi connectivity index (χ1n) is 11.8. The van der Waals surface area contributed by atoms with Crippen LogP contribution in [0.1, 0.15) is 51.6 Å². The number of hydrogen-bond donors (Lipinski definition) is 2. The molecule has 0 bridgehead atoms. The molecule has 4 aromatic rings. The van der Waals surface area contributed by atoms with Crippen molar-refractivity contribution in [3.8, 4) is 5.69 Å². The van der Waals surface area contributed by atoms with E-state index < -0.39 is 5.97 Å². The molecule has 4 rings (SSSR count). The lowest BCUT2D eigenvalue weighted by Crippen LogP contribution is -2.32. The van der Waals surface area contributed by atoms with Crippen molar-refractivity contribution < 1.29 is 14.7 Å². The summed E-state index contributed by atoms with van der Waals surface area (Å²) in [5, 5.41) is 13.4. The Labute approximate surface area is 205 Å². The Morgan fingerprint density at radius 2 is 1.66 bits per heavy atom. The molecule has 6 heteroatoms. The van der Waals surface area contributed by atoms with Gasteiger partial charge >= 0.3 is 5.97 Å². The smallest absolute Gasteiger partial charge is 0.335 e. The van der Waals surface area contributed by atoms with Gasteiger partial charge in [-0.3, -0.25) is 4.79 Å². The molecule has 1 aromatic heterocycles. The number of fused-ring (bicyclic) bond motifs is 1. The molecule has 35 heavy (non-hydrogen) atoms. The number of likely N-dealkylation sites (N-methyl/N-ethyl adjacent to an activating group) is 1. The number of carboxylic acids is 1. The maximum atomic E-state index is 12.5. The standard InChI is InChI=1S/C29H31N3O3/c1-20(2)21-9-11-22(12-10-21)28(33)30-15-16-31(3)18-24-19-32(25-7-5-4-6-8-25)27-14-13-23(29(34)35)17-26(24)27/h4-14,17,19-20H,15-16,18H2,1-3H3,(H,30,33)(H,34,35). The number of hydrogen-bond acceptors (Lipinski definition) is 3. The van der Waals surface area contributed by atoms with Gasteiger partial charge in [0.1, 0.15) is 0 Å². The first-order valence-corrected chi connectivity index (χ1v) is 11.8. The monoisotopic (exact) mass is 469 g/mol. The van der Waals surface area contributed by atoms with Gasteiger partial charge in [0.15, 0.2) is 0 Å². The van der Waals surface area contributed by atoms with Crippen LogP contribution in [0.15, 0.2) is 79.0 Å². The fourth-order valence-corrected chi connectivity index (χ4v) is 4.21. The fraction of sp³-hybridized carbons (Fsp3) is 0.241. The summed E-state index contributed by atoms with van der Waals surface area (Å²) in [4.78, 5) is 26.2. The van der Waals surface area contributed by atoms with Gasteiger partial charge in [-0.1, -0.05) is 44.2 Å². The van der Waals surface area contributed by atoms with Gasteiger partial charge in [0, 0.05) is 42.5 Å². The number of carboxylic acid groups (broad SMARTS) is 1. The topological polar surface area (TPSA) is 74.6 Å². The number of nitrogens with one attached hydrogen (secondary N) is 1. The minimum absolute atomic E-state index is 0.0829. The van der Waals surface area contributed by atoms with Crippen LogP contribution in [0, 0.1) is 0 Å². The lowest BCUT2D eigenvalue weighted by atomic mass is 10.0. The third-order valence-corrected chi connectivity index (χ3v) is 6.23. The van der Waals surface area contributed by atoms with Gasteiger partial charge in [0.05, 0.1) is 11.1 Å². The first-order chi connectivity index (χ1) is 16.8. The Morgan fingerprint density at radius 1 is 0.971 bits per heavy atom. The van der Waals surface area contributed by atoms with E-state index in [-0.39, 0.29) is 11.5 Å². The van der Waals surface area contributed by atoms with Gasteiger partial charge in [-0.05, 0) is 66.6 Å². The third-order valence-electron chi connectivity index (χ3n) is 6.23. The summed E-state index contributed by atoms with van der Waals surface area (Å²) in [5.41, 5.74) is 5.15. The molecule has 180 valence electrons. The normalized spacial score (nSPS) is 11.3. The molecular weight excluding hydrogens is 438 g/mol. The molecule has 0 radical (unpaired) electrons. The quantitative estimate of drug-likeness (QED) is 0.348.